The van der Waals surface area contributed by atoms with Crippen LogP contribution in [-0.4, -0.2) is 5.01 Å². The molecule has 0 radical (unpaired) electrons. The van der Waals surface area contributed by atoms with Gasteiger partial charge in [0.2, 0.25) is 0 Å². The number of rotatable bonds is 0. The van der Waals surface area contributed by atoms with Gasteiger partial charge in [-0.3, -0.25) is 5.01 Å². The van der Waals surface area contributed by atoms with Crippen molar-refractivity contribution in [2.24, 2.45) is 11.8 Å². The van der Waals surface area contributed by atoms with Gasteiger partial charge in [-0.2, -0.15) is 0 Å². The minimum absolute atomic E-state index is 0.00277. The highest BCUT2D eigenvalue weighted by Gasteiger charge is 2.46. The maximum atomic E-state index is 6.79. The number of hydrogen-bond acceptors (Lipinski definition) is 4. The van der Waals surface area contributed by atoms with Gasteiger partial charge < -0.3 is 8.83 Å². The van der Waals surface area contributed by atoms with Crippen molar-refractivity contribution in [1.29, 1.82) is 0 Å². The smallest absolute Gasteiger partial charge is 0.137 e. The fourth-order valence-corrected chi connectivity index (χ4v) is 5.37. The Morgan fingerprint density at radius 3 is 2.50 bits per heavy atom. The topological polar surface area (TPSA) is 55.5 Å². The Balaban J connectivity index is 1.46. The summed E-state index contributed by atoms with van der Waals surface area (Å²) in [6, 6.07) is 16.5. The lowest BCUT2D eigenvalue weighted by Gasteiger charge is -2.28. The van der Waals surface area contributed by atoms with E-state index in [1.165, 1.54) is 11.1 Å². The second kappa shape index (κ2) is 4.97. The normalized spacial score (nSPS) is 22.5. The number of aryl methyl sites for hydroxylation is 1. The van der Waals surface area contributed by atoms with E-state index in [0.29, 0.717) is 0 Å². The molecule has 1 aliphatic heterocycles. The average Bonchev–Trinajstić information content (AvgIpc) is 3.37. The van der Waals surface area contributed by atoms with Crippen molar-refractivity contribution in [2.75, 3.05) is 0 Å². The molecule has 0 bridgehead atoms. The Morgan fingerprint density at radius 2 is 1.64 bits per heavy atom. The van der Waals surface area contributed by atoms with Crippen LogP contribution in [0.1, 0.15) is 35.1 Å². The number of para-hydroxylation sites is 2. The first-order chi connectivity index (χ1) is 13.8. The van der Waals surface area contributed by atoms with Gasteiger partial charge in [-0.05, 0) is 24.1 Å². The van der Waals surface area contributed by atoms with E-state index in [1.807, 2.05) is 29.3 Å². The van der Waals surface area contributed by atoms with E-state index < -0.39 is 0 Å². The van der Waals surface area contributed by atoms with Crippen LogP contribution in [0.2, 0.25) is 0 Å². The van der Waals surface area contributed by atoms with E-state index in [0.717, 1.165) is 57.6 Å². The SMILES string of the molecule is NN1C2=C(CCc3oc4ccccc4c32)C2C=Cc3c(oc4ccccc34)C21. The first kappa shape index (κ1) is 14.8. The van der Waals surface area contributed by atoms with Crippen LogP contribution in [0.3, 0.4) is 0 Å². The molecule has 2 unspecified atom stereocenters. The van der Waals surface area contributed by atoms with Gasteiger partial charge in [0, 0.05) is 34.2 Å². The zero-order valence-electron chi connectivity index (χ0n) is 15.2. The Labute approximate surface area is 161 Å². The lowest BCUT2D eigenvalue weighted by molar-refractivity contribution is 0.259. The summed E-state index contributed by atoms with van der Waals surface area (Å²) in [7, 11) is 0. The molecular formula is C24H18N2O2. The quantitative estimate of drug-likeness (QED) is 0.423. The summed E-state index contributed by atoms with van der Waals surface area (Å²) < 4.78 is 12.5. The molecule has 4 heteroatoms. The molecule has 7 rings (SSSR count). The van der Waals surface area contributed by atoms with E-state index in [-0.39, 0.29) is 12.0 Å². The van der Waals surface area contributed by atoms with Crippen LogP contribution < -0.4 is 5.84 Å². The summed E-state index contributed by atoms with van der Waals surface area (Å²) in [6.45, 7) is 0. The van der Waals surface area contributed by atoms with Gasteiger partial charge in [-0.15, -0.1) is 0 Å². The molecule has 0 fully saturated rings. The van der Waals surface area contributed by atoms with Crippen molar-refractivity contribution in [1.82, 2.24) is 5.01 Å². The number of hydrogen-bond donors (Lipinski definition) is 1. The maximum absolute atomic E-state index is 6.79. The molecule has 2 aliphatic carbocycles. The van der Waals surface area contributed by atoms with Crippen LogP contribution in [0.5, 0.6) is 0 Å². The Bertz CT molecular complexity index is 1350. The molecule has 0 amide bonds. The number of hydrazine groups is 1. The van der Waals surface area contributed by atoms with Crippen LogP contribution in [0.25, 0.3) is 33.7 Å². The van der Waals surface area contributed by atoms with Crippen LogP contribution in [0.15, 0.2) is 69.0 Å². The lowest BCUT2D eigenvalue weighted by Crippen LogP contribution is -2.33. The molecule has 136 valence electrons. The zero-order valence-corrected chi connectivity index (χ0v) is 15.2. The van der Waals surface area contributed by atoms with E-state index in [9.17, 15) is 0 Å². The number of furan rings is 2. The molecule has 4 aromatic rings. The van der Waals surface area contributed by atoms with Crippen LogP contribution in [0.4, 0.5) is 0 Å². The van der Waals surface area contributed by atoms with E-state index >= 15 is 0 Å². The summed E-state index contributed by atoms with van der Waals surface area (Å²) in [5, 5.41) is 4.23. The Morgan fingerprint density at radius 1 is 0.893 bits per heavy atom. The minimum atomic E-state index is -0.00277. The van der Waals surface area contributed by atoms with Crippen molar-refractivity contribution in [3.05, 3.63) is 82.8 Å². The summed E-state index contributed by atoms with van der Waals surface area (Å²) in [4.78, 5) is 0. The van der Waals surface area contributed by atoms with Crippen LogP contribution >= 0.6 is 0 Å². The monoisotopic (exact) mass is 366 g/mol. The average molecular weight is 366 g/mol. The predicted octanol–water partition coefficient (Wildman–Crippen LogP) is 5.41. The van der Waals surface area contributed by atoms with Gasteiger partial charge in [0.05, 0.1) is 5.70 Å². The molecule has 2 aromatic carbocycles. The third-order valence-electron chi connectivity index (χ3n) is 6.53. The Hall–Kier alpha value is -3.24. The summed E-state index contributed by atoms with van der Waals surface area (Å²) in [5.41, 5.74) is 6.70. The maximum Gasteiger partial charge on any atom is 0.137 e. The molecule has 0 spiro atoms. The number of benzene rings is 2. The second-order valence-electron chi connectivity index (χ2n) is 7.88. The molecule has 28 heavy (non-hydrogen) atoms. The number of nitrogens with zero attached hydrogens (tertiary/aromatic N) is 1. The fraction of sp³-hybridized carbons (Fsp3) is 0.167. The lowest BCUT2D eigenvalue weighted by atomic mass is 9.82. The van der Waals surface area contributed by atoms with Gasteiger partial charge in [0.15, 0.2) is 0 Å². The van der Waals surface area contributed by atoms with Crippen molar-refractivity contribution >= 4 is 33.7 Å². The molecule has 0 saturated heterocycles. The second-order valence-corrected chi connectivity index (χ2v) is 7.88. The van der Waals surface area contributed by atoms with Gasteiger partial charge in [-0.25, -0.2) is 5.84 Å². The van der Waals surface area contributed by atoms with E-state index in [4.69, 9.17) is 14.7 Å². The zero-order chi connectivity index (χ0) is 18.4. The number of fused-ring (bicyclic) bond motifs is 10. The molecule has 0 saturated carbocycles. The molecule has 3 heterocycles. The summed E-state index contributed by atoms with van der Waals surface area (Å²) in [5.74, 6) is 9.05. The molecule has 2 atom stereocenters. The standard InChI is InChI=1S/C24H18N2O2/c25-26-22-14(11-12-20-21(22)17-6-2-4-8-19(17)27-20)15-9-10-16-13-5-1-3-7-18(13)28-24(16)23(15)26/h1-10,15,23H,11-12,25H2. The van der Waals surface area contributed by atoms with Crippen molar-refractivity contribution in [3.8, 4) is 0 Å². The molecule has 2 N–H and O–H groups in total. The summed E-state index contributed by atoms with van der Waals surface area (Å²) in [6.07, 6.45) is 6.41. The van der Waals surface area contributed by atoms with Crippen molar-refractivity contribution in [3.63, 3.8) is 0 Å². The largest absolute Gasteiger partial charge is 0.460 e. The van der Waals surface area contributed by atoms with Crippen LogP contribution in [-0.2, 0) is 6.42 Å². The third-order valence-corrected chi connectivity index (χ3v) is 6.53. The molecule has 4 nitrogen and oxygen atoms in total. The van der Waals surface area contributed by atoms with Crippen LogP contribution in [0, 0.1) is 5.92 Å². The van der Waals surface area contributed by atoms with E-state index in [1.54, 1.807) is 0 Å². The minimum Gasteiger partial charge on any atom is -0.460 e. The van der Waals surface area contributed by atoms with Crippen molar-refractivity contribution < 1.29 is 8.83 Å². The van der Waals surface area contributed by atoms with Gasteiger partial charge >= 0.3 is 0 Å². The van der Waals surface area contributed by atoms with Gasteiger partial charge in [0.1, 0.15) is 28.7 Å². The highest BCUT2D eigenvalue weighted by molar-refractivity contribution is 5.95. The van der Waals surface area contributed by atoms with E-state index in [2.05, 4.69) is 36.4 Å². The summed E-state index contributed by atoms with van der Waals surface area (Å²) >= 11 is 0. The number of nitrogens with two attached hydrogens (primary N) is 1. The fourth-order valence-electron chi connectivity index (χ4n) is 5.37. The van der Waals surface area contributed by atoms with Gasteiger partial charge in [-0.1, -0.05) is 48.6 Å². The highest BCUT2D eigenvalue weighted by atomic mass is 16.3. The Kier molecular flexibility index (Phi) is 2.62. The highest BCUT2D eigenvalue weighted by Crippen LogP contribution is 2.55. The van der Waals surface area contributed by atoms with Gasteiger partial charge in [0.25, 0.3) is 0 Å². The first-order valence-electron chi connectivity index (χ1n) is 9.78. The van der Waals surface area contributed by atoms with Crippen molar-refractivity contribution in [2.45, 2.75) is 18.9 Å². The predicted molar refractivity (Wildman–Crippen MR) is 109 cm³/mol. The first-order valence-corrected chi connectivity index (χ1v) is 9.78. The third kappa shape index (κ3) is 1.65. The molecule has 3 aliphatic rings. The molecular weight excluding hydrogens is 348 g/mol. The molecule has 2 aromatic heterocycles.